The Kier molecular flexibility index (Phi) is 3.70. The molecule has 3 aliphatic rings. The number of hydrogen-bond donors (Lipinski definition) is 2. The monoisotopic (exact) mass is 455 g/mol. The standard InChI is InChI=1S/C23H16F3N3O4/c1-33-21(32)16-6-13-19(28-16)17(30)7-18-22(13)8-12(22)9-29(18)20(31)15-5-10-4-11(23(24,25)26)2-3-14(10)27-15/h2-7,12,27-28H,8-9H2,1H3/t12-,22-/m1/s1. The van der Waals surface area contributed by atoms with E-state index in [1.54, 1.807) is 6.07 Å². The number of benzene rings is 1. The Morgan fingerprint density at radius 1 is 1.15 bits per heavy atom. The zero-order valence-electron chi connectivity index (χ0n) is 17.2. The molecule has 6 rings (SSSR count). The third-order valence-electron chi connectivity index (χ3n) is 6.90. The Labute approximate surface area is 184 Å². The number of esters is 1. The van der Waals surface area contributed by atoms with E-state index in [-0.39, 0.29) is 28.5 Å². The van der Waals surface area contributed by atoms with E-state index in [0.717, 1.165) is 18.6 Å². The van der Waals surface area contributed by atoms with Crippen LogP contribution in [0.5, 0.6) is 0 Å². The first-order valence-corrected chi connectivity index (χ1v) is 10.2. The van der Waals surface area contributed by atoms with Gasteiger partial charge >= 0.3 is 12.1 Å². The van der Waals surface area contributed by atoms with Gasteiger partial charge in [-0.05, 0) is 48.2 Å². The minimum absolute atomic E-state index is 0.0852. The molecule has 1 amide bonds. The number of rotatable bonds is 2. The van der Waals surface area contributed by atoms with Crippen molar-refractivity contribution in [3.8, 4) is 0 Å². The van der Waals surface area contributed by atoms with Crippen molar-refractivity contribution in [1.82, 2.24) is 14.9 Å². The maximum Gasteiger partial charge on any atom is 0.416 e. The number of halogens is 3. The number of ketones is 1. The summed E-state index contributed by atoms with van der Waals surface area (Å²) in [6, 6.07) is 6.26. The second-order valence-corrected chi connectivity index (χ2v) is 8.63. The average molecular weight is 455 g/mol. The predicted octanol–water partition coefficient (Wildman–Crippen LogP) is 3.80. The number of hydrogen-bond acceptors (Lipinski definition) is 4. The Bertz CT molecular complexity index is 1430. The molecule has 2 fully saturated rings. The van der Waals surface area contributed by atoms with E-state index in [2.05, 4.69) is 9.97 Å². The number of nitrogens with zero attached hydrogens (tertiary/aromatic N) is 1. The lowest BCUT2D eigenvalue weighted by atomic mass is 9.85. The van der Waals surface area contributed by atoms with Gasteiger partial charge in [0.1, 0.15) is 11.4 Å². The number of carbonyl (C=O) groups is 3. The van der Waals surface area contributed by atoms with E-state index in [1.807, 2.05) is 0 Å². The number of amides is 1. The summed E-state index contributed by atoms with van der Waals surface area (Å²) < 4.78 is 43.9. The molecule has 33 heavy (non-hydrogen) atoms. The second-order valence-electron chi connectivity index (χ2n) is 8.63. The number of aromatic amines is 2. The largest absolute Gasteiger partial charge is 0.464 e. The topological polar surface area (TPSA) is 95.3 Å². The smallest absolute Gasteiger partial charge is 0.416 e. The van der Waals surface area contributed by atoms with Crippen LogP contribution >= 0.6 is 0 Å². The minimum atomic E-state index is -4.48. The summed E-state index contributed by atoms with van der Waals surface area (Å²) in [5.41, 5.74) is 0.956. The molecule has 1 spiro atoms. The molecule has 2 N–H and O–H groups in total. The molecule has 0 bridgehead atoms. The number of carbonyl (C=O) groups excluding carboxylic acids is 3. The minimum Gasteiger partial charge on any atom is -0.464 e. The molecule has 168 valence electrons. The molecule has 1 aliphatic heterocycles. The van der Waals surface area contributed by atoms with Gasteiger partial charge < -0.3 is 19.6 Å². The van der Waals surface area contributed by atoms with Gasteiger partial charge in [-0.3, -0.25) is 9.59 Å². The van der Waals surface area contributed by atoms with Gasteiger partial charge in [-0.15, -0.1) is 0 Å². The number of allylic oxidation sites excluding steroid dienone is 2. The highest BCUT2D eigenvalue weighted by molar-refractivity contribution is 6.10. The lowest BCUT2D eigenvalue weighted by Gasteiger charge is -2.27. The highest BCUT2D eigenvalue weighted by Gasteiger charge is 2.68. The fraction of sp³-hybridized carbons (Fsp3) is 0.261. The Hall–Kier alpha value is -3.82. The number of methoxy groups -OCH3 is 1. The number of H-pyrrole nitrogens is 2. The first-order valence-electron chi connectivity index (χ1n) is 10.2. The van der Waals surface area contributed by atoms with Crippen molar-refractivity contribution in [2.45, 2.75) is 18.0 Å². The van der Waals surface area contributed by atoms with Gasteiger partial charge in [-0.2, -0.15) is 13.2 Å². The maximum atomic E-state index is 13.3. The predicted molar refractivity (Wildman–Crippen MR) is 109 cm³/mol. The molecule has 2 aromatic heterocycles. The van der Waals surface area contributed by atoms with Crippen LogP contribution in [-0.4, -0.2) is 46.2 Å². The summed E-state index contributed by atoms with van der Waals surface area (Å²) in [4.78, 5) is 45.3. The van der Waals surface area contributed by atoms with Crippen LogP contribution in [-0.2, 0) is 16.3 Å². The summed E-state index contributed by atoms with van der Waals surface area (Å²) in [7, 11) is 1.25. The first kappa shape index (κ1) is 19.8. The first-order chi connectivity index (χ1) is 15.6. The lowest BCUT2D eigenvalue weighted by molar-refractivity contribution is -0.137. The van der Waals surface area contributed by atoms with Crippen molar-refractivity contribution in [1.29, 1.82) is 0 Å². The van der Waals surface area contributed by atoms with Crippen LogP contribution in [0.15, 0.2) is 42.1 Å². The number of likely N-dealkylation sites (tertiary alicyclic amines) is 1. The van der Waals surface area contributed by atoms with E-state index in [1.165, 1.54) is 30.2 Å². The zero-order chi connectivity index (χ0) is 23.3. The molecule has 1 aromatic carbocycles. The molecule has 7 nitrogen and oxygen atoms in total. The molecular formula is C23H16F3N3O4. The molecule has 3 heterocycles. The second kappa shape index (κ2) is 6.15. The van der Waals surface area contributed by atoms with E-state index >= 15 is 0 Å². The van der Waals surface area contributed by atoms with Crippen molar-refractivity contribution >= 4 is 28.6 Å². The van der Waals surface area contributed by atoms with Gasteiger partial charge in [-0.1, -0.05) is 0 Å². The van der Waals surface area contributed by atoms with Gasteiger partial charge in [0.25, 0.3) is 5.91 Å². The average Bonchev–Trinajstić information content (AvgIpc) is 3.14. The summed E-state index contributed by atoms with van der Waals surface area (Å²) >= 11 is 0. The van der Waals surface area contributed by atoms with Crippen LogP contribution in [0, 0.1) is 5.92 Å². The van der Waals surface area contributed by atoms with Crippen LogP contribution in [0.25, 0.3) is 10.9 Å². The van der Waals surface area contributed by atoms with Gasteiger partial charge in [0.2, 0.25) is 5.78 Å². The van der Waals surface area contributed by atoms with Crippen molar-refractivity contribution in [3.63, 3.8) is 0 Å². The fourth-order valence-corrected chi connectivity index (χ4v) is 5.28. The van der Waals surface area contributed by atoms with Crippen molar-refractivity contribution < 1.29 is 32.3 Å². The van der Waals surface area contributed by atoms with Gasteiger partial charge in [0.15, 0.2) is 0 Å². The van der Waals surface area contributed by atoms with E-state index in [9.17, 15) is 27.6 Å². The van der Waals surface area contributed by atoms with Gasteiger partial charge in [0.05, 0.1) is 18.4 Å². The summed E-state index contributed by atoms with van der Waals surface area (Å²) in [5.74, 6) is -1.27. The normalized spacial score (nSPS) is 23.2. The molecular weight excluding hydrogens is 439 g/mol. The lowest BCUT2D eigenvalue weighted by Crippen LogP contribution is -2.33. The van der Waals surface area contributed by atoms with Crippen LogP contribution in [0.4, 0.5) is 13.2 Å². The highest BCUT2D eigenvalue weighted by Crippen LogP contribution is 2.66. The summed E-state index contributed by atoms with van der Waals surface area (Å²) in [6.07, 6.45) is -2.33. The number of piperidine rings is 1. The van der Waals surface area contributed by atoms with Gasteiger partial charge in [-0.25, -0.2) is 4.79 Å². The quantitative estimate of drug-likeness (QED) is 0.575. The molecule has 2 aliphatic carbocycles. The van der Waals surface area contributed by atoms with Crippen LogP contribution in [0.1, 0.15) is 49.0 Å². The highest BCUT2D eigenvalue weighted by atomic mass is 19.4. The summed E-state index contributed by atoms with van der Waals surface area (Å²) in [6.45, 7) is 0.374. The summed E-state index contributed by atoms with van der Waals surface area (Å²) in [5, 5.41) is 0.275. The van der Waals surface area contributed by atoms with E-state index in [0.29, 0.717) is 29.0 Å². The van der Waals surface area contributed by atoms with Gasteiger partial charge in [0, 0.05) is 34.6 Å². The zero-order valence-corrected chi connectivity index (χ0v) is 17.2. The number of nitrogens with one attached hydrogen (secondary N) is 2. The molecule has 0 radical (unpaired) electrons. The Morgan fingerprint density at radius 2 is 1.94 bits per heavy atom. The molecule has 2 atom stereocenters. The molecule has 10 heteroatoms. The Balaban J connectivity index is 1.36. The number of aromatic nitrogens is 2. The third kappa shape index (κ3) is 2.60. The number of fused-ring (bicyclic) bond motifs is 2. The number of ether oxygens (including phenoxy) is 1. The van der Waals surface area contributed by atoms with Crippen LogP contribution < -0.4 is 0 Å². The van der Waals surface area contributed by atoms with Crippen molar-refractivity contribution in [3.05, 3.63) is 70.3 Å². The van der Waals surface area contributed by atoms with Crippen molar-refractivity contribution in [2.24, 2.45) is 5.92 Å². The molecule has 1 saturated heterocycles. The Morgan fingerprint density at radius 3 is 2.67 bits per heavy atom. The number of alkyl halides is 3. The fourth-order valence-electron chi connectivity index (χ4n) is 5.28. The van der Waals surface area contributed by atoms with Crippen LogP contribution in [0.2, 0.25) is 0 Å². The van der Waals surface area contributed by atoms with E-state index in [4.69, 9.17) is 4.74 Å². The molecule has 1 saturated carbocycles. The third-order valence-corrected chi connectivity index (χ3v) is 6.90. The van der Waals surface area contributed by atoms with E-state index < -0.39 is 29.0 Å². The SMILES string of the molecule is COC(=O)c1cc2c([nH]1)C(=O)C=C1N(C(=O)c3cc4cc(C(F)(F)F)ccc4[nH]3)C[C@H]3C[C@]123. The molecule has 0 unspecified atom stereocenters. The van der Waals surface area contributed by atoms with Crippen molar-refractivity contribution in [2.75, 3.05) is 13.7 Å². The maximum absolute atomic E-state index is 13.3. The molecule has 3 aromatic rings. The van der Waals surface area contributed by atoms with Crippen LogP contribution in [0.3, 0.4) is 0 Å².